The van der Waals surface area contributed by atoms with Crippen molar-refractivity contribution in [3.8, 4) is 0 Å². The number of nitrogens with one attached hydrogen (secondary N) is 1. The topological polar surface area (TPSA) is 88.8 Å². The Balaban J connectivity index is 1.62. The number of carbonyl (C=O) groups is 2. The van der Waals surface area contributed by atoms with Crippen molar-refractivity contribution in [2.24, 2.45) is 0 Å². The predicted octanol–water partition coefficient (Wildman–Crippen LogP) is 0.555. The molecule has 0 radical (unpaired) electrons. The first kappa shape index (κ1) is 15.4. The van der Waals surface area contributed by atoms with Gasteiger partial charge in [0.05, 0.1) is 0 Å². The van der Waals surface area contributed by atoms with Gasteiger partial charge in [0, 0.05) is 31.7 Å². The van der Waals surface area contributed by atoms with Gasteiger partial charge in [0.1, 0.15) is 17.4 Å². The molecule has 24 heavy (non-hydrogen) atoms. The highest BCUT2D eigenvalue weighted by atomic mass is 16.5. The van der Waals surface area contributed by atoms with Crippen molar-refractivity contribution < 1.29 is 18.7 Å². The number of carbonyl (C=O) groups excluding carboxylic acids is 2. The maximum atomic E-state index is 12.8. The van der Waals surface area contributed by atoms with E-state index >= 15 is 0 Å². The zero-order chi connectivity index (χ0) is 16.8. The molecule has 3 aliphatic heterocycles. The summed E-state index contributed by atoms with van der Waals surface area (Å²) in [6.07, 6.45) is 2.24. The molecule has 0 saturated carbocycles. The Kier molecular flexibility index (Phi) is 3.68. The molecule has 0 aromatic carbocycles. The molecule has 1 aromatic rings. The maximum absolute atomic E-state index is 12.8. The van der Waals surface area contributed by atoms with Gasteiger partial charge in [-0.25, -0.2) is 4.79 Å². The molecule has 0 unspecified atom stereocenters. The molecule has 2 atom stereocenters. The number of ether oxygens (including phenoxy) is 1. The van der Waals surface area contributed by atoms with Crippen molar-refractivity contribution in [3.05, 3.63) is 33.4 Å². The molecule has 0 aliphatic carbocycles. The summed E-state index contributed by atoms with van der Waals surface area (Å²) in [6.45, 7) is 3.51. The van der Waals surface area contributed by atoms with Gasteiger partial charge in [-0.2, -0.15) is 0 Å². The van der Waals surface area contributed by atoms with Gasteiger partial charge in [0.15, 0.2) is 0 Å². The lowest BCUT2D eigenvalue weighted by Crippen LogP contribution is -2.51. The van der Waals surface area contributed by atoms with E-state index in [1.165, 1.54) is 4.90 Å². The van der Waals surface area contributed by atoms with Crippen LogP contribution in [0.3, 0.4) is 0 Å². The van der Waals surface area contributed by atoms with Crippen molar-refractivity contribution in [1.82, 2.24) is 10.2 Å². The van der Waals surface area contributed by atoms with E-state index in [1.54, 1.807) is 13.0 Å². The van der Waals surface area contributed by atoms with Crippen LogP contribution in [-0.2, 0) is 9.53 Å². The quantitative estimate of drug-likeness (QED) is 0.855. The molecule has 0 spiro atoms. The summed E-state index contributed by atoms with van der Waals surface area (Å²) >= 11 is 0. The molecule has 2 amide bonds. The minimum atomic E-state index is -0.607. The average molecular weight is 332 g/mol. The molecule has 1 aromatic heterocycles. The summed E-state index contributed by atoms with van der Waals surface area (Å²) in [7, 11) is 0. The molecular weight excluding hydrogens is 312 g/mol. The highest BCUT2D eigenvalue weighted by Gasteiger charge is 2.47. The lowest BCUT2D eigenvalue weighted by molar-refractivity contribution is -0.124. The number of fused-ring (bicyclic) bond motifs is 2. The van der Waals surface area contributed by atoms with E-state index in [0.29, 0.717) is 37.5 Å². The van der Waals surface area contributed by atoms with Crippen molar-refractivity contribution in [2.75, 3.05) is 19.8 Å². The van der Waals surface area contributed by atoms with Crippen molar-refractivity contribution in [3.63, 3.8) is 0 Å². The Morgan fingerprint density at radius 3 is 2.67 bits per heavy atom. The molecule has 2 bridgehead atoms. The summed E-state index contributed by atoms with van der Waals surface area (Å²) in [5, 5.41) is 2.82. The Morgan fingerprint density at radius 1 is 1.29 bits per heavy atom. The van der Waals surface area contributed by atoms with Crippen molar-refractivity contribution in [1.29, 1.82) is 0 Å². The second-order valence-electron chi connectivity index (χ2n) is 6.80. The zero-order valence-electron chi connectivity index (χ0n) is 13.5. The first-order valence-corrected chi connectivity index (χ1v) is 8.38. The Hall–Kier alpha value is -2.15. The van der Waals surface area contributed by atoms with Crippen LogP contribution < -0.4 is 10.9 Å². The second-order valence-corrected chi connectivity index (χ2v) is 6.80. The predicted molar refractivity (Wildman–Crippen MR) is 83.9 cm³/mol. The summed E-state index contributed by atoms with van der Waals surface area (Å²) in [4.78, 5) is 38.5. The largest absolute Gasteiger partial charge is 0.427 e. The Labute approximate surface area is 139 Å². The first-order valence-electron chi connectivity index (χ1n) is 8.38. The lowest BCUT2D eigenvalue weighted by Gasteiger charge is -2.27. The van der Waals surface area contributed by atoms with E-state index < -0.39 is 17.6 Å². The van der Waals surface area contributed by atoms with Crippen LogP contribution >= 0.6 is 0 Å². The number of aryl methyl sites for hydroxylation is 1. The third-order valence-corrected chi connectivity index (χ3v) is 5.22. The fraction of sp³-hybridized carbons (Fsp3) is 0.588. The van der Waals surface area contributed by atoms with Gasteiger partial charge in [-0.15, -0.1) is 0 Å². The molecule has 3 fully saturated rings. The van der Waals surface area contributed by atoms with Crippen LogP contribution in [-0.4, -0.2) is 48.6 Å². The molecule has 3 aliphatic rings. The van der Waals surface area contributed by atoms with Crippen LogP contribution in [0, 0.1) is 6.92 Å². The van der Waals surface area contributed by atoms with E-state index in [2.05, 4.69) is 5.32 Å². The minimum Gasteiger partial charge on any atom is -0.427 e. The van der Waals surface area contributed by atoms with E-state index in [4.69, 9.17) is 9.15 Å². The van der Waals surface area contributed by atoms with Crippen LogP contribution in [0.1, 0.15) is 46.9 Å². The number of amides is 2. The molecule has 4 heterocycles. The van der Waals surface area contributed by atoms with Gasteiger partial charge >= 0.3 is 5.63 Å². The summed E-state index contributed by atoms with van der Waals surface area (Å²) in [6, 6.07) is 1.33. The molecule has 3 saturated heterocycles. The Morgan fingerprint density at radius 2 is 2.04 bits per heavy atom. The SMILES string of the molecule is Cc1cc(C2CCOCC2)oc(=O)c1C(=O)N1C[C@@H]2C[C@H]1C(=O)N2. The normalized spacial score (nSPS) is 26.7. The van der Waals surface area contributed by atoms with Crippen molar-refractivity contribution >= 4 is 11.8 Å². The third-order valence-electron chi connectivity index (χ3n) is 5.22. The van der Waals surface area contributed by atoms with E-state index in [1.807, 2.05) is 0 Å². The standard InChI is InChI=1S/C17H20N2O5/c1-9-6-13(10-2-4-23-5-3-10)24-17(22)14(9)16(21)19-8-11-7-12(19)15(20)18-11/h6,10-12H,2-5,7-8H2,1H3,(H,18,20)/t11-,12-/m0/s1. The first-order chi connectivity index (χ1) is 11.5. The maximum Gasteiger partial charge on any atom is 0.349 e. The van der Waals surface area contributed by atoms with Crippen LogP contribution in [0.2, 0.25) is 0 Å². The zero-order valence-corrected chi connectivity index (χ0v) is 13.5. The number of likely N-dealkylation sites (tertiary alicyclic amines) is 1. The molecule has 7 heteroatoms. The lowest BCUT2D eigenvalue weighted by atomic mass is 9.95. The number of hydrogen-bond acceptors (Lipinski definition) is 5. The fourth-order valence-electron chi connectivity index (χ4n) is 3.93. The molecular formula is C17H20N2O5. The van der Waals surface area contributed by atoms with Crippen LogP contribution in [0.4, 0.5) is 0 Å². The minimum absolute atomic E-state index is 0.000286. The number of nitrogens with zero attached hydrogens (tertiary/aromatic N) is 1. The highest BCUT2D eigenvalue weighted by Crippen LogP contribution is 2.29. The van der Waals surface area contributed by atoms with Crippen LogP contribution in [0.15, 0.2) is 15.3 Å². The second kappa shape index (κ2) is 5.73. The summed E-state index contributed by atoms with van der Waals surface area (Å²) in [5.74, 6) is 0.239. The van der Waals surface area contributed by atoms with E-state index in [0.717, 1.165) is 12.8 Å². The summed E-state index contributed by atoms with van der Waals surface area (Å²) in [5.41, 5.74) is 0.0526. The monoisotopic (exact) mass is 332 g/mol. The smallest absolute Gasteiger partial charge is 0.349 e. The number of rotatable bonds is 2. The molecule has 7 nitrogen and oxygen atoms in total. The van der Waals surface area contributed by atoms with Gasteiger partial charge < -0.3 is 19.4 Å². The van der Waals surface area contributed by atoms with Crippen LogP contribution in [0.5, 0.6) is 0 Å². The van der Waals surface area contributed by atoms with Gasteiger partial charge in [0.25, 0.3) is 5.91 Å². The van der Waals surface area contributed by atoms with Gasteiger partial charge in [0.2, 0.25) is 5.91 Å². The summed E-state index contributed by atoms with van der Waals surface area (Å²) < 4.78 is 10.8. The van der Waals surface area contributed by atoms with Gasteiger partial charge in [-0.3, -0.25) is 9.59 Å². The average Bonchev–Trinajstić information content (AvgIpc) is 3.14. The van der Waals surface area contributed by atoms with Gasteiger partial charge in [-0.1, -0.05) is 0 Å². The van der Waals surface area contributed by atoms with Crippen molar-refractivity contribution in [2.45, 2.75) is 44.2 Å². The number of piperazine rings is 1. The van der Waals surface area contributed by atoms with Gasteiger partial charge in [-0.05, 0) is 37.8 Å². The van der Waals surface area contributed by atoms with E-state index in [9.17, 15) is 14.4 Å². The number of hydrogen-bond donors (Lipinski definition) is 1. The third kappa shape index (κ3) is 2.43. The molecule has 128 valence electrons. The highest BCUT2D eigenvalue weighted by molar-refractivity contribution is 6.00. The fourth-order valence-corrected chi connectivity index (χ4v) is 3.93. The molecule has 1 N–H and O–H groups in total. The van der Waals surface area contributed by atoms with E-state index in [-0.39, 0.29) is 23.4 Å². The van der Waals surface area contributed by atoms with Crippen LogP contribution in [0.25, 0.3) is 0 Å². The molecule has 4 rings (SSSR count). The Bertz CT molecular complexity index is 750.